The molecule has 0 aromatic heterocycles. The zero-order valence-electron chi connectivity index (χ0n) is 12.2. The van der Waals surface area contributed by atoms with Crippen LogP contribution in [0.2, 0.25) is 0 Å². The van der Waals surface area contributed by atoms with Crippen molar-refractivity contribution in [3.8, 4) is 5.75 Å². The average molecular weight is 299 g/mol. The predicted molar refractivity (Wildman–Crippen MR) is 81.5 cm³/mol. The fourth-order valence-electron chi connectivity index (χ4n) is 2.04. The van der Waals surface area contributed by atoms with E-state index in [0.29, 0.717) is 12.0 Å². The molecular weight excluding hydrogens is 282 g/mol. The summed E-state index contributed by atoms with van der Waals surface area (Å²) in [6, 6.07) is 14.4. The van der Waals surface area contributed by atoms with Crippen LogP contribution in [0.5, 0.6) is 5.75 Å². The lowest BCUT2D eigenvalue weighted by Crippen LogP contribution is -2.43. The van der Waals surface area contributed by atoms with Crippen molar-refractivity contribution in [2.24, 2.45) is 0 Å². The first-order valence-corrected chi connectivity index (χ1v) is 6.82. The van der Waals surface area contributed by atoms with Gasteiger partial charge in [-0.2, -0.15) is 0 Å². The van der Waals surface area contributed by atoms with Gasteiger partial charge in [-0.3, -0.25) is 4.79 Å². The third-order valence-electron chi connectivity index (χ3n) is 3.20. The molecule has 2 rings (SSSR count). The first-order chi connectivity index (χ1) is 10.6. The second-order valence-corrected chi connectivity index (χ2v) is 4.79. The number of aromatic hydroxyl groups is 1. The molecule has 0 saturated carbocycles. The van der Waals surface area contributed by atoms with Gasteiger partial charge in [0.1, 0.15) is 11.8 Å². The molecule has 5 heteroatoms. The molecule has 0 saturated heterocycles. The van der Waals surface area contributed by atoms with Crippen LogP contribution in [0.15, 0.2) is 54.6 Å². The number of amides is 1. The van der Waals surface area contributed by atoms with E-state index in [2.05, 4.69) is 5.32 Å². The molecule has 1 atom stereocenters. The fourth-order valence-corrected chi connectivity index (χ4v) is 2.04. The third-order valence-corrected chi connectivity index (χ3v) is 3.20. The summed E-state index contributed by atoms with van der Waals surface area (Å²) in [6.07, 6.45) is 0.345. The van der Waals surface area contributed by atoms with Crippen molar-refractivity contribution in [1.29, 1.82) is 0 Å². The standard InChI is InChI=1S/C17H17NO4/c1-22-17(21)15(11-12-5-3-2-4-6-12)18-16(20)13-7-9-14(19)10-8-13/h2-10,15,19H,11H2,1H3,(H,18,20)/t15-/m0/s1. The van der Waals surface area contributed by atoms with E-state index in [0.717, 1.165) is 5.56 Å². The monoisotopic (exact) mass is 299 g/mol. The molecule has 0 aliphatic rings. The van der Waals surface area contributed by atoms with E-state index >= 15 is 0 Å². The number of carbonyl (C=O) groups is 2. The molecule has 114 valence electrons. The number of methoxy groups -OCH3 is 1. The molecule has 2 aromatic rings. The largest absolute Gasteiger partial charge is 0.508 e. The number of hydrogen-bond donors (Lipinski definition) is 2. The quantitative estimate of drug-likeness (QED) is 0.827. The molecule has 0 aliphatic carbocycles. The molecule has 0 heterocycles. The molecule has 1 amide bonds. The zero-order valence-corrected chi connectivity index (χ0v) is 12.2. The van der Waals surface area contributed by atoms with Crippen molar-refractivity contribution in [1.82, 2.24) is 5.32 Å². The fraction of sp³-hybridized carbons (Fsp3) is 0.176. The molecule has 0 spiro atoms. The molecule has 2 N–H and O–H groups in total. The normalized spacial score (nSPS) is 11.5. The summed E-state index contributed by atoms with van der Waals surface area (Å²) in [6.45, 7) is 0. The molecule has 0 unspecified atom stereocenters. The number of benzene rings is 2. The van der Waals surface area contributed by atoms with Gasteiger partial charge in [0.2, 0.25) is 0 Å². The number of rotatable bonds is 5. The molecule has 0 fully saturated rings. The Bertz CT molecular complexity index is 637. The van der Waals surface area contributed by atoms with E-state index in [1.165, 1.54) is 31.4 Å². The Labute approximate surface area is 128 Å². The van der Waals surface area contributed by atoms with Crippen molar-refractivity contribution in [3.05, 3.63) is 65.7 Å². The van der Waals surface area contributed by atoms with Crippen LogP contribution >= 0.6 is 0 Å². The molecule has 0 radical (unpaired) electrons. The van der Waals surface area contributed by atoms with Gasteiger partial charge in [-0.1, -0.05) is 30.3 Å². The Morgan fingerprint density at radius 3 is 2.32 bits per heavy atom. The maximum atomic E-state index is 12.2. The van der Waals surface area contributed by atoms with Crippen LogP contribution in [-0.2, 0) is 16.0 Å². The highest BCUT2D eigenvalue weighted by Crippen LogP contribution is 2.11. The van der Waals surface area contributed by atoms with Crippen LogP contribution in [-0.4, -0.2) is 30.1 Å². The number of carbonyl (C=O) groups excluding carboxylic acids is 2. The van der Waals surface area contributed by atoms with Crippen molar-refractivity contribution in [2.45, 2.75) is 12.5 Å². The lowest BCUT2D eigenvalue weighted by molar-refractivity contribution is -0.142. The second kappa shape index (κ2) is 7.26. The highest BCUT2D eigenvalue weighted by atomic mass is 16.5. The van der Waals surface area contributed by atoms with E-state index < -0.39 is 17.9 Å². The highest BCUT2D eigenvalue weighted by molar-refractivity contribution is 5.96. The Balaban J connectivity index is 2.11. The van der Waals surface area contributed by atoms with Gasteiger partial charge >= 0.3 is 5.97 Å². The molecular formula is C17H17NO4. The maximum Gasteiger partial charge on any atom is 0.328 e. The topological polar surface area (TPSA) is 75.6 Å². The van der Waals surface area contributed by atoms with Gasteiger partial charge in [-0.05, 0) is 29.8 Å². The Hall–Kier alpha value is -2.82. The van der Waals surface area contributed by atoms with Crippen LogP contribution in [0.25, 0.3) is 0 Å². The summed E-state index contributed by atoms with van der Waals surface area (Å²) in [5.41, 5.74) is 1.28. The minimum atomic E-state index is -0.770. The van der Waals surface area contributed by atoms with E-state index in [-0.39, 0.29) is 5.75 Å². The second-order valence-electron chi connectivity index (χ2n) is 4.79. The number of esters is 1. The Morgan fingerprint density at radius 2 is 1.73 bits per heavy atom. The molecule has 22 heavy (non-hydrogen) atoms. The van der Waals surface area contributed by atoms with Crippen molar-refractivity contribution in [3.63, 3.8) is 0 Å². The first kappa shape index (κ1) is 15.6. The maximum absolute atomic E-state index is 12.2. The summed E-state index contributed by atoms with van der Waals surface area (Å²) < 4.78 is 4.75. The van der Waals surface area contributed by atoms with Gasteiger partial charge in [0.15, 0.2) is 0 Å². The SMILES string of the molecule is COC(=O)[C@H](Cc1ccccc1)NC(=O)c1ccc(O)cc1. The van der Waals surface area contributed by atoms with Gasteiger partial charge in [0, 0.05) is 12.0 Å². The number of phenolic OH excluding ortho intramolecular Hbond substituents is 1. The van der Waals surface area contributed by atoms with E-state index in [4.69, 9.17) is 4.74 Å². The van der Waals surface area contributed by atoms with E-state index in [1.807, 2.05) is 30.3 Å². The highest BCUT2D eigenvalue weighted by Gasteiger charge is 2.22. The molecule has 2 aromatic carbocycles. The summed E-state index contributed by atoms with van der Waals surface area (Å²) >= 11 is 0. The van der Waals surface area contributed by atoms with Gasteiger partial charge in [0.05, 0.1) is 7.11 Å². The third kappa shape index (κ3) is 4.09. The summed E-state index contributed by atoms with van der Waals surface area (Å²) in [4.78, 5) is 24.0. The minimum Gasteiger partial charge on any atom is -0.508 e. The Kier molecular flexibility index (Phi) is 5.14. The number of hydrogen-bond acceptors (Lipinski definition) is 4. The number of phenols is 1. The van der Waals surface area contributed by atoms with Gasteiger partial charge in [0.25, 0.3) is 5.91 Å². The number of ether oxygens (including phenoxy) is 1. The minimum absolute atomic E-state index is 0.0744. The summed E-state index contributed by atoms with van der Waals surface area (Å²) in [7, 11) is 1.28. The molecule has 0 aliphatic heterocycles. The van der Waals surface area contributed by atoms with Crippen molar-refractivity contribution in [2.75, 3.05) is 7.11 Å². The first-order valence-electron chi connectivity index (χ1n) is 6.82. The van der Waals surface area contributed by atoms with Crippen LogP contribution in [0, 0.1) is 0 Å². The lowest BCUT2D eigenvalue weighted by atomic mass is 10.1. The average Bonchev–Trinajstić information content (AvgIpc) is 2.55. The molecule has 5 nitrogen and oxygen atoms in total. The van der Waals surface area contributed by atoms with E-state index in [1.54, 1.807) is 0 Å². The van der Waals surface area contributed by atoms with E-state index in [9.17, 15) is 14.7 Å². The predicted octanol–water partition coefficient (Wildman–Crippen LogP) is 1.91. The summed E-state index contributed by atoms with van der Waals surface area (Å²) in [5, 5.41) is 11.9. The smallest absolute Gasteiger partial charge is 0.328 e. The van der Waals surface area contributed by atoms with Gasteiger partial charge < -0.3 is 15.2 Å². The van der Waals surface area contributed by atoms with Gasteiger partial charge in [-0.25, -0.2) is 4.79 Å². The molecule has 0 bridgehead atoms. The zero-order chi connectivity index (χ0) is 15.9. The van der Waals surface area contributed by atoms with Crippen LogP contribution in [0.1, 0.15) is 15.9 Å². The lowest BCUT2D eigenvalue weighted by Gasteiger charge is -2.16. The van der Waals surface area contributed by atoms with Crippen LogP contribution in [0.4, 0.5) is 0 Å². The Morgan fingerprint density at radius 1 is 1.09 bits per heavy atom. The van der Waals surface area contributed by atoms with Crippen molar-refractivity contribution < 1.29 is 19.4 Å². The van der Waals surface area contributed by atoms with Gasteiger partial charge in [-0.15, -0.1) is 0 Å². The summed E-state index contributed by atoms with van der Waals surface area (Å²) in [5.74, 6) is -0.826. The number of nitrogens with one attached hydrogen (secondary N) is 1. The van der Waals surface area contributed by atoms with Crippen LogP contribution in [0.3, 0.4) is 0 Å². The van der Waals surface area contributed by atoms with Crippen molar-refractivity contribution >= 4 is 11.9 Å². The van der Waals surface area contributed by atoms with Crippen LogP contribution < -0.4 is 5.32 Å².